The Balaban J connectivity index is 2.00. The monoisotopic (exact) mass is 255 g/mol. The zero-order valence-electron chi connectivity index (χ0n) is 11.0. The molecule has 1 aliphatic rings. The molecule has 4 heteroatoms. The maximum Gasteiger partial charge on any atom is 0.274 e. The molecule has 0 saturated heterocycles. The largest absolute Gasteiger partial charge is 0.357 e. The van der Waals surface area contributed by atoms with Gasteiger partial charge in [-0.3, -0.25) is 4.79 Å². The van der Waals surface area contributed by atoms with E-state index in [1.54, 1.807) is 6.20 Å². The highest BCUT2D eigenvalue weighted by Gasteiger charge is 2.23. The summed E-state index contributed by atoms with van der Waals surface area (Å²) in [5, 5.41) is 0. The second-order valence-electron chi connectivity index (χ2n) is 4.91. The van der Waals surface area contributed by atoms with Gasteiger partial charge in [-0.05, 0) is 30.8 Å². The van der Waals surface area contributed by atoms with Gasteiger partial charge in [0.25, 0.3) is 5.91 Å². The van der Waals surface area contributed by atoms with Gasteiger partial charge < -0.3 is 14.8 Å². The van der Waals surface area contributed by atoms with Crippen molar-refractivity contribution in [3.8, 4) is 0 Å². The van der Waals surface area contributed by atoms with E-state index in [0.717, 1.165) is 18.8 Å². The second-order valence-corrected chi connectivity index (χ2v) is 4.91. The first-order valence-corrected chi connectivity index (χ1v) is 6.47. The number of anilines is 1. The molecule has 4 nitrogen and oxygen atoms in total. The topological polar surface area (TPSA) is 39.3 Å². The number of nitrogens with one attached hydrogen (secondary N) is 1. The standard InChI is InChI=1S/C15H17N3O/c1-17-9-10-18(15(19)13-6-4-8-16-13)14-7-3-2-5-12(14)11-17/h2-8,16H,9-11H2,1H3. The second kappa shape index (κ2) is 4.90. The number of carbonyl (C=O) groups excluding carboxylic acids is 1. The van der Waals surface area contributed by atoms with Crippen LogP contribution in [-0.2, 0) is 6.54 Å². The van der Waals surface area contributed by atoms with Gasteiger partial charge in [-0.2, -0.15) is 0 Å². The molecule has 1 aromatic carbocycles. The first kappa shape index (κ1) is 12.0. The van der Waals surface area contributed by atoms with Gasteiger partial charge >= 0.3 is 0 Å². The summed E-state index contributed by atoms with van der Waals surface area (Å²) in [5.74, 6) is 0.0350. The first-order chi connectivity index (χ1) is 9.25. The van der Waals surface area contributed by atoms with Gasteiger partial charge in [0.1, 0.15) is 5.69 Å². The Hall–Kier alpha value is -2.07. The van der Waals surface area contributed by atoms with Gasteiger partial charge in [0, 0.05) is 31.5 Å². The minimum atomic E-state index is 0.0350. The molecule has 1 amide bonds. The summed E-state index contributed by atoms with van der Waals surface area (Å²) in [6.07, 6.45) is 1.78. The summed E-state index contributed by atoms with van der Waals surface area (Å²) >= 11 is 0. The third-order valence-corrected chi connectivity index (χ3v) is 3.50. The van der Waals surface area contributed by atoms with E-state index < -0.39 is 0 Å². The molecule has 0 radical (unpaired) electrons. The van der Waals surface area contributed by atoms with E-state index in [0.29, 0.717) is 12.2 Å². The quantitative estimate of drug-likeness (QED) is 0.847. The predicted octanol–water partition coefficient (Wildman–Crippen LogP) is 2.11. The Morgan fingerprint density at radius 2 is 2.00 bits per heavy atom. The summed E-state index contributed by atoms with van der Waals surface area (Å²) in [7, 11) is 2.08. The van der Waals surface area contributed by atoms with Crippen molar-refractivity contribution >= 4 is 11.6 Å². The number of rotatable bonds is 1. The van der Waals surface area contributed by atoms with Crippen molar-refractivity contribution < 1.29 is 4.79 Å². The van der Waals surface area contributed by atoms with Crippen molar-refractivity contribution in [2.75, 3.05) is 25.0 Å². The van der Waals surface area contributed by atoms with Crippen LogP contribution in [-0.4, -0.2) is 35.9 Å². The number of amides is 1. The molecule has 0 unspecified atom stereocenters. The molecule has 2 aromatic rings. The molecule has 1 N–H and O–H groups in total. The molecule has 0 spiro atoms. The van der Waals surface area contributed by atoms with Crippen LogP contribution in [0.5, 0.6) is 0 Å². The molecule has 19 heavy (non-hydrogen) atoms. The van der Waals surface area contributed by atoms with Crippen molar-refractivity contribution in [2.45, 2.75) is 6.54 Å². The lowest BCUT2D eigenvalue weighted by atomic mass is 10.1. The van der Waals surface area contributed by atoms with Crippen molar-refractivity contribution in [1.29, 1.82) is 0 Å². The fraction of sp³-hybridized carbons (Fsp3) is 0.267. The average Bonchev–Trinajstić information content (AvgIpc) is 2.89. The summed E-state index contributed by atoms with van der Waals surface area (Å²) in [6, 6.07) is 11.8. The molecule has 0 atom stereocenters. The Kier molecular flexibility index (Phi) is 3.09. The molecule has 0 bridgehead atoms. The summed E-state index contributed by atoms with van der Waals surface area (Å²) in [4.78, 5) is 19.7. The molecular formula is C15H17N3O. The number of H-pyrrole nitrogens is 1. The number of fused-ring (bicyclic) bond motifs is 1. The number of carbonyl (C=O) groups is 1. The first-order valence-electron chi connectivity index (χ1n) is 6.47. The Bertz CT molecular complexity index is 577. The fourth-order valence-corrected chi connectivity index (χ4v) is 2.49. The van der Waals surface area contributed by atoms with Crippen LogP contribution < -0.4 is 4.90 Å². The number of hydrogen-bond acceptors (Lipinski definition) is 2. The number of hydrogen-bond donors (Lipinski definition) is 1. The third kappa shape index (κ3) is 2.27. The van der Waals surface area contributed by atoms with Crippen LogP contribution in [0, 0.1) is 0 Å². The highest BCUT2D eigenvalue weighted by molar-refractivity contribution is 6.05. The lowest BCUT2D eigenvalue weighted by molar-refractivity contribution is 0.0981. The third-order valence-electron chi connectivity index (χ3n) is 3.50. The van der Waals surface area contributed by atoms with Crippen LogP contribution in [0.1, 0.15) is 16.1 Å². The van der Waals surface area contributed by atoms with E-state index in [1.807, 2.05) is 35.2 Å². The van der Waals surface area contributed by atoms with Gasteiger partial charge in [0.15, 0.2) is 0 Å². The van der Waals surface area contributed by atoms with Crippen molar-refractivity contribution in [3.63, 3.8) is 0 Å². The summed E-state index contributed by atoms with van der Waals surface area (Å²) in [6.45, 7) is 2.47. The molecule has 0 fully saturated rings. The molecule has 98 valence electrons. The van der Waals surface area contributed by atoms with Crippen LogP contribution in [0.3, 0.4) is 0 Å². The van der Waals surface area contributed by atoms with Gasteiger partial charge in [0.2, 0.25) is 0 Å². The van der Waals surface area contributed by atoms with Gasteiger partial charge in [0.05, 0.1) is 0 Å². The van der Waals surface area contributed by atoms with E-state index in [9.17, 15) is 4.79 Å². The van der Waals surface area contributed by atoms with Crippen molar-refractivity contribution in [2.24, 2.45) is 0 Å². The highest BCUT2D eigenvalue weighted by atomic mass is 16.2. The van der Waals surface area contributed by atoms with E-state index in [4.69, 9.17) is 0 Å². The van der Waals surface area contributed by atoms with E-state index in [-0.39, 0.29) is 5.91 Å². The van der Waals surface area contributed by atoms with Crippen LogP contribution in [0.2, 0.25) is 0 Å². The molecule has 2 heterocycles. The zero-order valence-corrected chi connectivity index (χ0v) is 11.0. The zero-order chi connectivity index (χ0) is 13.2. The van der Waals surface area contributed by atoms with E-state index in [1.165, 1.54) is 5.56 Å². The summed E-state index contributed by atoms with van der Waals surface area (Å²) < 4.78 is 0. The fourth-order valence-electron chi connectivity index (χ4n) is 2.49. The maximum atomic E-state index is 12.6. The molecule has 0 saturated carbocycles. The highest BCUT2D eigenvalue weighted by Crippen LogP contribution is 2.25. The number of aromatic nitrogens is 1. The smallest absolute Gasteiger partial charge is 0.274 e. The Morgan fingerprint density at radius 1 is 1.16 bits per heavy atom. The minimum absolute atomic E-state index is 0.0350. The molecule has 1 aromatic heterocycles. The number of nitrogens with zero attached hydrogens (tertiary/aromatic N) is 2. The van der Waals surface area contributed by atoms with Gasteiger partial charge in [-0.1, -0.05) is 18.2 Å². The normalized spacial score (nSPS) is 15.9. The lowest BCUT2D eigenvalue weighted by Gasteiger charge is -2.22. The lowest BCUT2D eigenvalue weighted by Crippen LogP contribution is -2.35. The number of aromatic amines is 1. The van der Waals surface area contributed by atoms with Crippen LogP contribution in [0.4, 0.5) is 5.69 Å². The Labute approximate surface area is 112 Å². The SMILES string of the molecule is CN1CCN(C(=O)c2ccc[nH]2)c2ccccc2C1. The predicted molar refractivity (Wildman–Crippen MR) is 75.2 cm³/mol. The number of likely N-dealkylation sites (N-methyl/N-ethyl adjacent to an activating group) is 1. The van der Waals surface area contributed by atoms with Gasteiger partial charge in [-0.25, -0.2) is 0 Å². The number of para-hydroxylation sites is 1. The molecular weight excluding hydrogens is 238 g/mol. The Morgan fingerprint density at radius 3 is 2.79 bits per heavy atom. The maximum absolute atomic E-state index is 12.6. The van der Waals surface area contributed by atoms with Gasteiger partial charge in [-0.15, -0.1) is 0 Å². The van der Waals surface area contributed by atoms with E-state index >= 15 is 0 Å². The number of benzene rings is 1. The molecule has 3 rings (SSSR count). The van der Waals surface area contributed by atoms with E-state index in [2.05, 4.69) is 23.0 Å². The molecule has 1 aliphatic heterocycles. The van der Waals surface area contributed by atoms with Crippen molar-refractivity contribution in [3.05, 3.63) is 53.9 Å². The minimum Gasteiger partial charge on any atom is -0.357 e. The van der Waals surface area contributed by atoms with Crippen LogP contribution in [0.15, 0.2) is 42.6 Å². The van der Waals surface area contributed by atoms with Crippen molar-refractivity contribution in [1.82, 2.24) is 9.88 Å². The summed E-state index contributed by atoms with van der Waals surface area (Å²) in [5.41, 5.74) is 2.85. The average molecular weight is 255 g/mol. The van der Waals surface area contributed by atoms with Crippen LogP contribution in [0.25, 0.3) is 0 Å². The molecule has 0 aliphatic carbocycles. The van der Waals surface area contributed by atoms with Crippen LogP contribution >= 0.6 is 0 Å².